The van der Waals surface area contributed by atoms with E-state index in [0.29, 0.717) is 6.61 Å². The minimum Gasteiger partial charge on any atom is -0.493 e. The molecule has 0 aromatic heterocycles. The smallest absolute Gasteiger partial charge is 0.226 e. The monoisotopic (exact) mass is 260 g/mol. The summed E-state index contributed by atoms with van der Waals surface area (Å²) < 4.78 is 5.47. The molecular weight excluding hydrogens is 240 g/mol. The maximum atomic E-state index is 11.9. The minimum atomic E-state index is -0.385. The highest BCUT2D eigenvalue weighted by atomic mass is 16.5. The number of rotatable bonds is 6. The average Bonchev–Trinajstić information content (AvgIpc) is 2.40. The largest absolute Gasteiger partial charge is 0.493 e. The number of nitrogens with zero attached hydrogens (tertiary/aromatic N) is 2. The number of nitriles is 1. The first-order valence-electron chi connectivity index (χ1n) is 6.39. The Morgan fingerprint density at radius 1 is 1.37 bits per heavy atom. The lowest BCUT2D eigenvalue weighted by Gasteiger charge is -2.25. The molecule has 0 fully saturated rings. The van der Waals surface area contributed by atoms with Gasteiger partial charge in [-0.1, -0.05) is 32.0 Å². The second kappa shape index (κ2) is 7.42. The molecule has 1 rings (SSSR count). The highest BCUT2D eigenvalue weighted by Crippen LogP contribution is 2.11. The molecule has 0 aliphatic heterocycles. The molecule has 102 valence electrons. The first-order chi connectivity index (χ1) is 9.06. The van der Waals surface area contributed by atoms with E-state index in [2.05, 4.69) is 6.07 Å². The van der Waals surface area contributed by atoms with Gasteiger partial charge in [-0.15, -0.1) is 0 Å². The molecule has 0 radical (unpaired) electrons. The molecule has 4 heteroatoms. The number of hydrogen-bond donors (Lipinski definition) is 0. The van der Waals surface area contributed by atoms with Crippen molar-refractivity contribution in [3.8, 4) is 11.8 Å². The Bertz CT molecular complexity index is 437. The Kier molecular flexibility index (Phi) is 5.87. The predicted octanol–water partition coefficient (Wildman–Crippen LogP) is 2.46. The fourth-order valence-electron chi connectivity index (χ4n) is 1.79. The first-order valence-corrected chi connectivity index (χ1v) is 6.39. The van der Waals surface area contributed by atoms with Gasteiger partial charge < -0.3 is 9.64 Å². The van der Waals surface area contributed by atoms with Crippen LogP contribution in [0.2, 0.25) is 0 Å². The Hall–Kier alpha value is -2.02. The van der Waals surface area contributed by atoms with E-state index in [1.165, 1.54) is 4.90 Å². The van der Waals surface area contributed by atoms with Crippen molar-refractivity contribution in [2.75, 3.05) is 13.7 Å². The van der Waals surface area contributed by atoms with E-state index in [4.69, 9.17) is 10.00 Å². The van der Waals surface area contributed by atoms with Crippen LogP contribution in [-0.2, 0) is 4.79 Å². The fraction of sp³-hybridized carbons (Fsp3) is 0.467. The number of hydrogen-bond acceptors (Lipinski definition) is 3. The highest BCUT2D eigenvalue weighted by molar-refractivity contribution is 5.76. The molecule has 1 aromatic carbocycles. The summed E-state index contributed by atoms with van der Waals surface area (Å²) >= 11 is 0. The third-order valence-corrected chi connectivity index (χ3v) is 2.90. The van der Waals surface area contributed by atoms with Crippen molar-refractivity contribution in [3.05, 3.63) is 30.3 Å². The van der Waals surface area contributed by atoms with E-state index < -0.39 is 0 Å². The third-order valence-electron chi connectivity index (χ3n) is 2.90. The van der Waals surface area contributed by atoms with Gasteiger partial charge in [0, 0.05) is 7.05 Å². The van der Waals surface area contributed by atoms with Gasteiger partial charge in [-0.2, -0.15) is 5.26 Å². The van der Waals surface area contributed by atoms with Crippen LogP contribution in [0, 0.1) is 17.2 Å². The van der Waals surface area contributed by atoms with Gasteiger partial charge in [0.15, 0.2) is 0 Å². The lowest BCUT2D eigenvalue weighted by molar-refractivity contribution is -0.132. The van der Waals surface area contributed by atoms with Gasteiger partial charge in [-0.05, 0) is 18.1 Å². The summed E-state index contributed by atoms with van der Waals surface area (Å²) in [5, 5.41) is 9.04. The van der Waals surface area contributed by atoms with Crippen molar-refractivity contribution in [3.63, 3.8) is 0 Å². The van der Waals surface area contributed by atoms with Crippen LogP contribution in [0.3, 0.4) is 0 Å². The molecule has 1 atom stereocenters. The van der Waals surface area contributed by atoms with Gasteiger partial charge in [-0.3, -0.25) is 4.79 Å². The highest BCUT2D eigenvalue weighted by Gasteiger charge is 2.22. The Morgan fingerprint density at radius 2 is 2.00 bits per heavy atom. The normalized spacial score (nSPS) is 11.7. The van der Waals surface area contributed by atoms with Crippen LogP contribution < -0.4 is 4.74 Å². The number of benzene rings is 1. The van der Waals surface area contributed by atoms with Gasteiger partial charge in [-0.25, -0.2) is 0 Å². The van der Waals surface area contributed by atoms with Gasteiger partial charge >= 0.3 is 0 Å². The molecular formula is C15H20N2O2. The number of ether oxygens (including phenoxy) is 1. The van der Waals surface area contributed by atoms with E-state index in [1.807, 2.05) is 44.2 Å². The standard InChI is InChI=1S/C15H20N2O2/c1-12(2)14(11-16)17(3)15(18)9-10-19-13-7-5-4-6-8-13/h4-8,12,14H,9-10H2,1-3H3. The van der Waals surface area contributed by atoms with Crippen LogP contribution in [-0.4, -0.2) is 30.5 Å². The Labute approximate surface area is 114 Å². The molecule has 0 aliphatic carbocycles. The van der Waals surface area contributed by atoms with Gasteiger partial charge in [0.05, 0.1) is 19.1 Å². The molecule has 1 aromatic rings. The zero-order valence-electron chi connectivity index (χ0n) is 11.7. The van der Waals surface area contributed by atoms with Crippen molar-refractivity contribution in [2.45, 2.75) is 26.3 Å². The van der Waals surface area contributed by atoms with E-state index in [-0.39, 0.29) is 24.3 Å². The van der Waals surface area contributed by atoms with Gasteiger partial charge in [0.25, 0.3) is 0 Å². The number of amides is 1. The average molecular weight is 260 g/mol. The Morgan fingerprint density at radius 3 is 2.53 bits per heavy atom. The lowest BCUT2D eigenvalue weighted by atomic mass is 10.0. The molecule has 1 amide bonds. The van der Waals surface area contributed by atoms with Crippen molar-refractivity contribution in [1.29, 1.82) is 5.26 Å². The van der Waals surface area contributed by atoms with Crippen molar-refractivity contribution in [1.82, 2.24) is 4.90 Å². The maximum Gasteiger partial charge on any atom is 0.226 e. The minimum absolute atomic E-state index is 0.0730. The molecule has 0 heterocycles. The molecule has 0 spiro atoms. The predicted molar refractivity (Wildman–Crippen MR) is 73.6 cm³/mol. The summed E-state index contributed by atoms with van der Waals surface area (Å²) in [6.45, 7) is 4.18. The Balaban J connectivity index is 2.41. The van der Waals surface area contributed by atoms with Gasteiger partial charge in [0.1, 0.15) is 11.8 Å². The van der Waals surface area contributed by atoms with Crippen LogP contribution in [0.1, 0.15) is 20.3 Å². The van der Waals surface area contributed by atoms with Crippen molar-refractivity contribution in [2.24, 2.45) is 5.92 Å². The molecule has 0 aliphatic rings. The quantitative estimate of drug-likeness (QED) is 0.789. The second-order valence-corrected chi connectivity index (χ2v) is 4.73. The summed E-state index contributed by atoms with van der Waals surface area (Å²) in [5.74, 6) is 0.795. The summed E-state index contributed by atoms with van der Waals surface area (Å²) in [5.41, 5.74) is 0. The van der Waals surface area contributed by atoms with E-state index in [9.17, 15) is 4.79 Å². The molecule has 0 N–H and O–H groups in total. The zero-order chi connectivity index (χ0) is 14.3. The molecule has 0 saturated carbocycles. The third kappa shape index (κ3) is 4.63. The van der Waals surface area contributed by atoms with Crippen LogP contribution in [0.15, 0.2) is 30.3 Å². The summed E-state index contributed by atoms with van der Waals surface area (Å²) in [4.78, 5) is 13.4. The van der Waals surface area contributed by atoms with Crippen LogP contribution in [0.5, 0.6) is 5.75 Å². The first kappa shape index (κ1) is 15.0. The van der Waals surface area contributed by atoms with Gasteiger partial charge in [0.2, 0.25) is 5.91 Å². The van der Waals surface area contributed by atoms with Crippen LogP contribution >= 0.6 is 0 Å². The maximum absolute atomic E-state index is 11.9. The molecule has 4 nitrogen and oxygen atoms in total. The number of para-hydroxylation sites is 1. The molecule has 19 heavy (non-hydrogen) atoms. The van der Waals surface area contributed by atoms with Crippen LogP contribution in [0.25, 0.3) is 0 Å². The summed E-state index contributed by atoms with van der Waals surface area (Å²) in [6, 6.07) is 11.1. The SMILES string of the molecule is CC(C)C(C#N)N(C)C(=O)CCOc1ccccc1. The second-order valence-electron chi connectivity index (χ2n) is 4.73. The van der Waals surface area contributed by atoms with Crippen molar-refractivity contribution < 1.29 is 9.53 Å². The molecule has 0 bridgehead atoms. The molecule has 0 saturated heterocycles. The van der Waals surface area contributed by atoms with Crippen molar-refractivity contribution >= 4 is 5.91 Å². The fourth-order valence-corrected chi connectivity index (χ4v) is 1.79. The van der Waals surface area contributed by atoms with E-state index in [0.717, 1.165) is 5.75 Å². The topological polar surface area (TPSA) is 53.3 Å². The zero-order valence-corrected chi connectivity index (χ0v) is 11.7. The number of carbonyl (C=O) groups excluding carboxylic acids is 1. The number of carbonyl (C=O) groups is 1. The van der Waals surface area contributed by atoms with Crippen LogP contribution in [0.4, 0.5) is 0 Å². The molecule has 1 unspecified atom stereocenters. The summed E-state index contributed by atoms with van der Waals surface area (Å²) in [6.07, 6.45) is 0.274. The van der Waals surface area contributed by atoms with E-state index in [1.54, 1.807) is 7.05 Å². The lowest BCUT2D eigenvalue weighted by Crippen LogP contribution is -2.39. The summed E-state index contributed by atoms with van der Waals surface area (Å²) in [7, 11) is 1.67. The van der Waals surface area contributed by atoms with E-state index >= 15 is 0 Å².